The second-order valence-corrected chi connectivity index (χ2v) is 3.93. The molecule has 0 saturated carbocycles. The van der Waals surface area contributed by atoms with Gasteiger partial charge in [-0.1, -0.05) is 12.1 Å². The summed E-state index contributed by atoms with van der Waals surface area (Å²) in [7, 11) is 0. The molecular formula is C13H13F3NO2. The van der Waals surface area contributed by atoms with Crippen molar-refractivity contribution >= 4 is 12.2 Å². The van der Waals surface area contributed by atoms with Gasteiger partial charge in [0.1, 0.15) is 6.29 Å². The smallest absolute Gasteiger partial charge is 0.366 e. The summed E-state index contributed by atoms with van der Waals surface area (Å²) in [6.45, 7) is 0. The lowest BCUT2D eigenvalue weighted by molar-refractivity contribution is -0.138. The number of hydrogen-bond acceptors (Lipinski definition) is 2. The Bertz CT molecular complexity index is 469. The van der Waals surface area contributed by atoms with Crippen molar-refractivity contribution in [3.8, 4) is 0 Å². The second kappa shape index (κ2) is 6.36. The molecule has 1 rings (SSSR count). The van der Waals surface area contributed by atoms with Gasteiger partial charge in [0.2, 0.25) is 5.91 Å². The van der Waals surface area contributed by atoms with Gasteiger partial charge in [-0.3, -0.25) is 4.79 Å². The summed E-state index contributed by atoms with van der Waals surface area (Å²) in [5.41, 5.74) is 3.61. The van der Waals surface area contributed by atoms with Crippen LogP contribution in [0.2, 0.25) is 0 Å². The Morgan fingerprint density at radius 3 is 2.47 bits per heavy atom. The minimum atomic E-state index is -4.63. The van der Waals surface area contributed by atoms with Crippen LogP contribution in [0, 0.1) is 6.42 Å². The maximum absolute atomic E-state index is 12.8. The molecule has 0 aromatic heterocycles. The number of nitrogens with two attached hydrogens (primary N) is 1. The van der Waals surface area contributed by atoms with E-state index >= 15 is 0 Å². The molecule has 0 atom stereocenters. The van der Waals surface area contributed by atoms with Crippen molar-refractivity contribution in [3.63, 3.8) is 0 Å². The standard InChI is InChI=1S/C13H13F3NO2/c14-13(15,16)10-7-4-6-9(11(10)12(17)19)5-2-1-3-8-18/h4-8H,1-3H2,(H2,17,19). The van der Waals surface area contributed by atoms with E-state index in [1.54, 1.807) is 0 Å². The van der Waals surface area contributed by atoms with Gasteiger partial charge in [0.15, 0.2) is 0 Å². The molecule has 0 fully saturated rings. The number of carbonyl (C=O) groups excluding carboxylic acids is 2. The van der Waals surface area contributed by atoms with Crippen molar-refractivity contribution in [1.82, 2.24) is 0 Å². The number of alkyl halides is 3. The lowest BCUT2D eigenvalue weighted by atomic mass is 9.96. The predicted molar refractivity (Wildman–Crippen MR) is 63.3 cm³/mol. The van der Waals surface area contributed by atoms with Crippen molar-refractivity contribution in [2.75, 3.05) is 0 Å². The first-order valence-corrected chi connectivity index (χ1v) is 5.64. The van der Waals surface area contributed by atoms with Gasteiger partial charge in [-0.15, -0.1) is 0 Å². The Labute approximate surface area is 108 Å². The number of halogens is 3. The molecule has 103 valence electrons. The van der Waals surface area contributed by atoms with Crippen LogP contribution < -0.4 is 5.73 Å². The average molecular weight is 272 g/mol. The van der Waals surface area contributed by atoms with Crippen LogP contribution in [0.5, 0.6) is 0 Å². The monoisotopic (exact) mass is 272 g/mol. The first-order chi connectivity index (χ1) is 8.88. The van der Waals surface area contributed by atoms with Crippen LogP contribution in [0.3, 0.4) is 0 Å². The van der Waals surface area contributed by atoms with Crippen LogP contribution in [0.1, 0.15) is 40.7 Å². The highest BCUT2D eigenvalue weighted by atomic mass is 19.4. The third-order valence-corrected chi connectivity index (χ3v) is 2.54. The van der Waals surface area contributed by atoms with Crippen LogP contribution in [0.4, 0.5) is 13.2 Å². The minimum absolute atomic E-state index is 0.147. The van der Waals surface area contributed by atoms with Crippen LogP contribution in [-0.4, -0.2) is 12.2 Å². The molecule has 1 aromatic carbocycles. The number of benzene rings is 1. The van der Waals surface area contributed by atoms with Crippen molar-refractivity contribution in [2.45, 2.75) is 25.4 Å². The van der Waals surface area contributed by atoms with E-state index in [-0.39, 0.29) is 5.56 Å². The number of amides is 1. The summed E-state index contributed by atoms with van der Waals surface area (Å²) < 4.78 is 38.3. The Morgan fingerprint density at radius 1 is 1.26 bits per heavy atom. The molecule has 3 nitrogen and oxygen atoms in total. The van der Waals surface area contributed by atoms with Gasteiger partial charge in [-0.05, 0) is 30.9 Å². The molecule has 0 heterocycles. The molecule has 1 radical (unpaired) electrons. The van der Waals surface area contributed by atoms with Gasteiger partial charge in [0.05, 0.1) is 11.1 Å². The highest BCUT2D eigenvalue weighted by Gasteiger charge is 2.35. The number of carbonyl (C=O) groups is 2. The van der Waals surface area contributed by atoms with Gasteiger partial charge >= 0.3 is 6.18 Å². The van der Waals surface area contributed by atoms with Crippen molar-refractivity contribution in [2.24, 2.45) is 5.73 Å². The predicted octanol–water partition coefficient (Wildman–Crippen LogP) is 2.73. The second-order valence-electron chi connectivity index (χ2n) is 3.93. The van der Waals surface area contributed by atoms with Gasteiger partial charge in [-0.25, -0.2) is 0 Å². The summed E-state index contributed by atoms with van der Waals surface area (Å²) in [5.74, 6) is -1.12. The van der Waals surface area contributed by atoms with E-state index in [1.807, 2.05) is 0 Å². The zero-order valence-electron chi connectivity index (χ0n) is 10.0. The van der Waals surface area contributed by atoms with Crippen LogP contribution in [0.15, 0.2) is 18.2 Å². The van der Waals surface area contributed by atoms with Gasteiger partial charge in [-0.2, -0.15) is 13.2 Å². The normalized spacial score (nSPS) is 11.3. The van der Waals surface area contributed by atoms with Crippen LogP contribution in [0.25, 0.3) is 0 Å². The van der Waals surface area contributed by atoms with E-state index in [2.05, 4.69) is 0 Å². The molecule has 0 aliphatic heterocycles. The van der Waals surface area contributed by atoms with E-state index < -0.39 is 23.2 Å². The van der Waals surface area contributed by atoms with Crippen LogP contribution >= 0.6 is 0 Å². The zero-order valence-corrected chi connectivity index (χ0v) is 10.0. The topological polar surface area (TPSA) is 60.2 Å². The molecule has 6 heteroatoms. The fourth-order valence-corrected chi connectivity index (χ4v) is 1.71. The van der Waals surface area contributed by atoms with Gasteiger partial charge in [0, 0.05) is 6.42 Å². The SMILES string of the molecule is NC(=O)c1c([CH]CCCC=O)cccc1C(F)(F)F. The Morgan fingerprint density at radius 2 is 1.95 bits per heavy atom. The lowest BCUT2D eigenvalue weighted by Gasteiger charge is -2.14. The molecule has 1 amide bonds. The Kier molecular flexibility index (Phi) is 5.09. The lowest BCUT2D eigenvalue weighted by Crippen LogP contribution is -2.20. The van der Waals surface area contributed by atoms with E-state index in [0.29, 0.717) is 19.3 Å². The van der Waals surface area contributed by atoms with E-state index in [1.165, 1.54) is 18.6 Å². The molecule has 0 aliphatic carbocycles. The van der Waals surface area contributed by atoms with E-state index in [9.17, 15) is 22.8 Å². The average Bonchev–Trinajstić information content (AvgIpc) is 2.33. The summed E-state index contributed by atoms with van der Waals surface area (Å²) in [4.78, 5) is 21.4. The van der Waals surface area contributed by atoms with Crippen molar-refractivity contribution in [1.29, 1.82) is 0 Å². The van der Waals surface area contributed by atoms with Crippen LogP contribution in [-0.2, 0) is 11.0 Å². The molecule has 19 heavy (non-hydrogen) atoms. The van der Waals surface area contributed by atoms with E-state index in [0.717, 1.165) is 12.4 Å². The summed E-state index contributed by atoms with van der Waals surface area (Å²) in [6.07, 6.45) is -1.18. The van der Waals surface area contributed by atoms with Gasteiger partial charge in [0.25, 0.3) is 0 Å². The Balaban J connectivity index is 3.04. The number of rotatable bonds is 6. The molecule has 0 unspecified atom stereocenters. The molecule has 2 N–H and O–H groups in total. The summed E-state index contributed by atoms with van der Waals surface area (Å²) in [5, 5.41) is 0. The van der Waals surface area contributed by atoms with Crippen molar-refractivity contribution in [3.05, 3.63) is 41.3 Å². The number of aldehydes is 1. The zero-order chi connectivity index (χ0) is 14.5. The molecule has 0 saturated heterocycles. The number of primary amides is 1. The molecule has 0 spiro atoms. The van der Waals surface area contributed by atoms with Crippen molar-refractivity contribution < 1.29 is 22.8 Å². The fourth-order valence-electron chi connectivity index (χ4n) is 1.71. The first kappa shape index (κ1) is 15.2. The highest BCUT2D eigenvalue weighted by molar-refractivity contribution is 5.96. The third kappa shape index (κ3) is 4.08. The largest absolute Gasteiger partial charge is 0.417 e. The maximum atomic E-state index is 12.8. The first-order valence-electron chi connectivity index (χ1n) is 5.64. The maximum Gasteiger partial charge on any atom is 0.417 e. The number of unbranched alkanes of at least 4 members (excludes halogenated alkanes) is 2. The molecule has 1 aromatic rings. The summed E-state index contributed by atoms with van der Waals surface area (Å²) >= 11 is 0. The highest BCUT2D eigenvalue weighted by Crippen LogP contribution is 2.33. The fraction of sp³-hybridized carbons (Fsp3) is 0.308. The number of hydrogen-bond donors (Lipinski definition) is 1. The molecule has 0 aliphatic rings. The Hall–Kier alpha value is -1.85. The third-order valence-electron chi connectivity index (χ3n) is 2.54. The molecule has 0 bridgehead atoms. The van der Waals surface area contributed by atoms with E-state index in [4.69, 9.17) is 5.73 Å². The molecular weight excluding hydrogens is 259 g/mol. The quantitative estimate of drug-likeness (QED) is 0.639. The minimum Gasteiger partial charge on any atom is -0.366 e. The summed E-state index contributed by atoms with van der Waals surface area (Å²) in [6, 6.07) is 3.44. The van der Waals surface area contributed by atoms with Gasteiger partial charge < -0.3 is 10.5 Å².